The number of ether oxygens (including phenoxy) is 1. The van der Waals surface area contributed by atoms with Crippen LogP contribution in [0.1, 0.15) is 16.8 Å². The van der Waals surface area contributed by atoms with Crippen molar-refractivity contribution in [1.29, 1.82) is 0 Å². The molecule has 1 saturated heterocycles. The number of rotatable bonds is 3. The summed E-state index contributed by atoms with van der Waals surface area (Å²) in [6.45, 7) is 1.75. The molecule has 1 atom stereocenters. The van der Waals surface area contributed by atoms with Gasteiger partial charge in [0.2, 0.25) is 0 Å². The monoisotopic (exact) mass is 380 g/mol. The first-order chi connectivity index (χ1) is 8.61. The van der Waals surface area contributed by atoms with Gasteiger partial charge in [-0.25, -0.2) is 0 Å². The zero-order valence-electron chi connectivity index (χ0n) is 9.93. The highest BCUT2D eigenvalue weighted by molar-refractivity contribution is 14.1. The molecule has 0 saturated carbocycles. The van der Waals surface area contributed by atoms with Gasteiger partial charge in [0.05, 0.1) is 17.7 Å². The fourth-order valence-corrected chi connectivity index (χ4v) is 2.52. The molecule has 6 heteroatoms. The first kappa shape index (κ1) is 13.9. The third-order valence-corrected chi connectivity index (χ3v) is 4.41. The summed E-state index contributed by atoms with van der Waals surface area (Å²) in [5, 5.41) is 6.74. The lowest BCUT2D eigenvalue weighted by Gasteiger charge is -2.14. The Morgan fingerprint density at radius 2 is 2.39 bits per heavy atom. The third-order valence-electron chi connectivity index (χ3n) is 2.88. The number of halogens is 2. The molecule has 1 amide bonds. The zero-order valence-corrected chi connectivity index (χ0v) is 12.8. The van der Waals surface area contributed by atoms with Crippen molar-refractivity contribution in [2.45, 2.75) is 12.5 Å². The van der Waals surface area contributed by atoms with Crippen LogP contribution >= 0.6 is 34.2 Å². The van der Waals surface area contributed by atoms with Crippen molar-refractivity contribution < 1.29 is 9.53 Å². The standard InChI is InChI=1S/C12H14ClIN2O2/c1-18-11-5-10(14)9(13)4-8(11)12(17)16-7-2-3-15-6-7/h4-5,7,15H,2-3,6H2,1H3,(H,16,17). The fraction of sp³-hybridized carbons (Fsp3) is 0.417. The highest BCUT2D eigenvalue weighted by atomic mass is 127. The summed E-state index contributed by atoms with van der Waals surface area (Å²) >= 11 is 8.16. The molecule has 1 unspecified atom stereocenters. The molecule has 4 nitrogen and oxygen atoms in total. The molecule has 0 spiro atoms. The van der Waals surface area contributed by atoms with Gasteiger partial charge in [0, 0.05) is 16.2 Å². The Balaban J connectivity index is 2.20. The minimum Gasteiger partial charge on any atom is -0.496 e. The van der Waals surface area contributed by atoms with Crippen molar-refractivity contribution in [3.63, 3.8) is 0 Å². The van der Waals surface area contributed by atoms with Crippen molar-refractivity contribution in [2.24, 2.45) is 0 Å². The van der Waals surface area contributed by atoms with Crippen LogP contribution in [0.4, 0.5) is 0 Å². The van der Waals surface area contributed by atoms with E-state index >= 15 is 0 Å². The second-order valence-corrected chi connectivity index (χ2v) is 5.70. The molecular weight excluding hydrogens is 367 g/mol. The van der Waals surface area contributed by atoms with Crippen LogP contribution in [-0.4, -0.2) is 32.1 Å². The largest absolute Gasteiger partial charge is 0.496 e. The quantitative estimate of drug-likeness (QED) is 0.789. The molecule has 1 aromatic carbocycles. The third kappa shape index (κ3) is 3.07. The number of benzene rings is 1. The van der Waals surface area contributed by atoms with Gasteiger partial charge in [-0.15, -0.1) is 0 Å². The van der Waals surface area contributed by atoms with Crippen LogP contribution in [0.2, 0.25) is 5.02 Å². The predicted octanol–water partition coefficient (Wildman–Crippen LogP) is 2.04. The maximum atomic E-state index is 12.2. The van der Waals surface area contributed by atoms with E-state index in [1.54, 1.807) is 19.2 Å². The number of methoxy groups -OCH3 is 1. The van der Waals surface area contributed by atoms with Gasteiger partial charge in [-0.1, -0.05) is 11.6 Å². The lowest BCUT2D eigenvalue weighted by Crippen LogP contribution is -2.36. The maximum absolute atomic E-state index is 12.2. The summed E-state index contributed by atoms with van der Waals surface area (Å²) in [4.78, 5) is 12.2. The number of carbonyl (C=O) groups is 1. The molecule has 1 aromatic rings. The Kier molecular flexibility index (Phi) is 4.69. The van der Waals surface area contributed by atoms with Gasteiger partial charge in [-0.3, -0.25) is 4.79 Å². The summed E-state index contributed by atoms with van der Waals surface area (Å²) in [6, 6.07) is 3.60. The van der Waals surface area contributed by atoms with Crippen molar-refractivity contribution in [3.8, 4) is 5.75 Å². The van der Waals surface area contributed by atoms with E-state index in [2.05, 4.69) is 33.2 Å². The molecule has 98 valence electrons. The fourth-order valence-electron chi connectivity index (χ4n) is 1.92. The minimum absolute atomic E-state index is 0.140. The van der Waals surface area contributed by atoms with Crippen LogP contribution in [0.3, 0.4) is 0 Å². The second kappa shape index (κ2) is 6.08. The van der Waals surface area contributed by atoms with E-state index in [-0.39, 0.29) is 11.9 Å². The van der Waals surface area contributed by atoms with E-state index in [1.165, 1.54) is 0 Å². The molecule has 0 radical (unpaired) electrons. The molecule has 1 fully saturated rings. The molecule has 2 N–H and O–H groups in total. The molecule has 0 aliphatic carbocycles. The van der Waals surface area contributed by atoms with Gasteiger partial charge >= 0.3 is 0 Å². The van der Waals surface area contributed by atoms with Crippen LogP contribution in [0.15, 0.2) is 12.1 Å². The van der Waals surface area contributed by atoms with Crippen molar-refractivity contribution in [2.75, 3.05) is 20.2 Å². The number of hydrogen-bond acceptors (Lipinski definition) is 3. The minimum atomic E-state index is -0.140. The molecule has 0 aromatic heterocycles. The van der Waals surface area contributed by atoms with Gasteiger partial charge in [0.1, 0.15) is 5.75 Å². The van der Waals surface area contributed by atoms with Crippen LogP contribution in [-0.2, 0) is 0 Å². The van der Waals surface area contributed by atoms with E-state index < -0.39 is 0 Å². The highest BCUT2D eigenvalue weighted by Gasteiger charge is 2.20. The van der Waals surface area contributed by atoms with Gasteiger partial charge in [0.15, 0.2) is 0 Å². The molecule has 18 heavy (non-hydrogen) atoms. The Morgan fingerprint density at radius 3 is 3.00 bits per heavy atom. The Labute approximate surface area is 125 Å². The number of amides is 1. The Bertz CT molecular complexity index is 462. The Morgan fingerprint density at radius 1 is 1.61 bits per heavy atom. The van der Waals surface area contributed by atoms with E-state index in [0.29, 0.717) is 16.3 Å². The van der Waals surface area contributed by atoms with Crippen molar-refractivity contribution in [1.82, 2.24) is 10.6 Å². The Hall–Kier alpha value is -0.530. The van der Waals surface area contributed by atoms with E-state index in [4.69, 9.17) is 16.3 Å². The highest BCUT2D eigenvalue weighted by Crippen LogP contribution is 2.28. The lowest BCUT2D eigenvalue weighted by atomic mass is 10.1. The summed E-state index contributed by atoms with van der Waals surface area (Å²) in [6.07, 6.45) is 0.951. The van der Waals surface area contributed by atoms with Crippen LogP contribution in [0.5, 0.6) is 5.75 Å². The number of hydrogen-bond donors (Lipinski definition) is 2. The van der Waals surface area contributed by atoms with Crippen molar-refractivity contribution in [3.05, 3.63) is 26.3 Å². The van der Waals surface area contributed by atoms with E-state index in [0.717, 1.165) is 23.1 Å². The molecule has 1 aliphatic heterocycles. The summed E-state index contributed by atoms with van der Waals surface area (Å²) in [7, 11) is 1.55. The molecule has 1 heterocycles. The maximum Gasteiger partial charge on any atom is 0.255 e. The first-order valence-corrected chi connectivity index (χ1v) is 7.12. The van der Waals surface area contributed by atoms with Crippen LogP contribution in [0, 0.1) is 3.57 Å². The summed E-state index contributed by atoms with van der Waals surface area (Å²) in [5.74, 6) is 0.408. The average molecular weight is 381 g/mol. The topological polar surface area (TPSA) is 50.4 Å². The van der Waals surface area contributed by atoms with Gasteiger partial charge in [0.25, 0.3) is 5.91 Å². The second-order valence-electron chi connectivity index (χ2n) is 4.13. The molecule has 1 aliphatic rings. The lowest BCUT2D eigenvalue weighted by molar-refractivity contribution is 0.0937. The summed E-state index contributed by atoms with van der Waals surface area (Å²) in [5.41, 5.74) is 0.481. The van der Waals surface area contributed by atoms with Gasteiger partial charge in [-0.2, -0.15) is 0 Å². The smallest absolute Gasteiger partial charge is 0.255 e. The summed E-state index contributed by atoms with van der Waals surface area (Å²) < 4.78 is 6.09. The van der Waals surface area contributed by atoms with Crippen LogP contribution < -0.4 is 15.4 Å². The van der Waals surface area contributed by atoms with E-state index in [1.807, 2.05) is 0 Å². The molecule has 2 rings (SSSR count). The predicted molar refractivity (Wildman–Crippen MR) is 79.5 cm³/mol. The van der Waals surface area contributed by atoms with Gasteiger partial charge < -0.3 is 15.4 Å². The molecular formula is C12H14ClIN2O2. The normalized spacial score (nSPS) is 18.7. The number of carbonyl (C=O) groups excluding carboxylic acids is 1. The zero-order chi connectivity index (χ0) is 13.1. The average Bonchev–Trinajstić information content (AvgIpc) is 2.84. The SMILES string of the molecule is COc1cc(I)c(Cl)cc1C(=O)NC1CCNC1. The van der Waals surface area contributed by atoms with E-state index in [9.17, 15) is 4.79 Å². The van der Waals surface area contributed by atoms with Crippen molar-refractivity contribution >= 4 is 40.1 Å². The van der Waals surface area contributed by atoms with Crippen LogP contribution in [0.25, 0.3) is 0 Å². The van der Waals surface area contributed by atoms with Gasteiger partial charge in [-0.05, 0) is 47.7 Å². The molecule has 0 bridgehead atoms. The first-order valence-electron chi connectivity index (χ1n) is 5.66. The number of nitrogens with one attached hydrogen (secondary N) is 2.